The van der Waals surface area contributed by atoms with Crippen LogP contribution in [0.4, 0.5) is 0 Å². The number of allylic oxidation sites excluding steroid dienone is 3. The van der Waals surface area contributed by atoms with E-state index in [-0.39, 0.29) is 0 Å². The third kappa shape index (κ3) is 3.49. The first-order valence-corrected chi connectivity index (χ1v) is 5.47. The average Bonchev–Trinajstić information content (AvgIpc) is 2.17. The van der Waals surface area contributed by atoms with Gasteiger partial charge in [-0.2, -0.15) is 0 Å². The van der Waals surface area contributed by atoms with Gasteiger partial charge in [-0.3, -0.25) is 4.99 Å². The Kier molecular flexibility index (Phi) is 4.12. The lowest BCUT2D eigenvalue weighted by Crippen LogP contribution is -2.14. The second-order valence-corrected chi connectivity index (χ2v) is 4.61. The molecule has 0 saturated carbocycles. The molecule has 14 heavy (non-hydrogen) atoms. The Morgan fingerprint density at radius 3 is 2.86 bits per heavy atom. The molecule has 1 aliphatic rings. The van der Waals surface area contributed by atoms with Gasteiger partial charge in [0.2, 0.25) is 0 Å². The number of aliphatic imine (C=N–C) groups is 1. The lowest BCUT2D eigenvalue weighted by atomic mass is 9.85. The molecule has 0 amide bonds. The first-order chi connectivity index (χ1) is 6.59. The Morgan fingerprint density at radius 1 is 1.50 bits per heavy atom. The van der Waals surface area contributed by atoms with Crippen LogP contribution in [0.25, 0.3) is 0 Å². The molecule has 78 valence electrons. The van der Waals surface area contributed by atoms with E-state index in [0.717, 1.165) is 18.3 Å². The highest BCUT2D eigenvalue weighted by molar-refractivity contribution is 5.72. The van der Waals surface area contributed by atoms with Gasteiger partial charge < -0.3 is 0 Å². The van der Waals surface area contributed by atoms with Gasteiger partial charge in [-0.15, -0.1) is 0 Å². The summed E-state index contributed by atoms with van der Waals surface area (Å²) in [7, 11) is 0. The predicted molar refractivity (Wildman–Crippen MR) is 63.8 cm³/mol. The lowest BCUT2D eigenvalue weighted by Gasteiger charge is -2.22. The van der Waals surface area contributed by atoms with Crippen LogP contribution in [-0.4, -0.2) is 12.3 Å². The predicted octanol–water partition coefficient (Wildman–Crippen LogP) is 3.62. The highest BCUT2D eigenvalue weighted by Crippen LogP contribution is 2.26. The molecule has 0 bridgehead atoms. The molecular weight excluding hydrogens is 170 g/mol. The van der Waals surface area contributed by atoms with E-state index in [1.54, 1.807) is 0 Å². The van der Waals surface area contributed by atoms with Crippen molar-refractivity contribution in [2.75, 3.05) is 0 Å². The van der Waals surface area contributed by atoms with Gasteiger partial charge in [0.25, 0.3) is 0 Å². The van der Waals surface area contributed by atoms with Crippen LogP contribution in [-0.2, 0) is 0 Å². The zero-order chi connectivity index (χ0) is 10.6. The van der Waals surface area contributed by atoms with Gasteiger partial charge >= 0.3 is 0 Å². The summed E-state index contributed by atoms with van der Waals surface area (Å²) < 4.78 is 0. The van der Waals surface area contributed by atoms with E-state index in [1.807, 2.05) is 12.3 Å². The molecule has 1 aliphatic heterocycles. The van der Waals surface area contributed by atoms with Gasteiger partial charge in [0.15, 0.2) is 0 Å². The van der Waals surface area contributed by atoms with Crippen LogP contribution in [0.3, 0.4) is 0 Å². The van der Waals surface area contributed by atoms with E-state index in [2.05, 4.69) is 38.4 Å². The first-order valence-electron chi connectivity index (χ1n) is 5.47. The Labute approximate surface area is 87.6 Å². The SMILES string of the molecule is C=C1/C=C\C=NC(C)CC(C(C)C)C1. The fourth-order valence-corrected chi connectivity index (χ4v) is 1.87. The summed E-state index contributed by atoms with van der Waals surface area (Å²) in [5, 5.41) is 0. The maximum absolute atomic E-state index is 4.46. The number of nitrogens with zero attached hydrogens (tertiary/aromatic N) is 1. The van der Waals surface area contributed by atoms with E-state index in [9.17, 15) is 0 Å². The zero-order valence-electron chi connectivity index (χ0n) is 9.53. The summed E-state index contributed by atoms with van der Waals surface area (Å²) in [5.41, 5.74) is 1.23. The number of hydrogen-bond donors (Lipinski definition) is 0. The van der Waals surface area contributed by atoms with Gasteiger partial charge in [-0.25, -0.2) is 0 Å². The lowest BCUT2D eigenvalue weighted by molar-refractivity contribution is 0.339. The minimum Gasteiger partial charge on any atom is -0.290 e. The fourth-order valence-electron chi connectivity index (χ4n) is 1.87. The van der Waals surface area contributed by atoms with Crippen molar-refractivity contribution in [3.05, 3.63) is 24.3 Å². The molecule has 2 atom stereocenters. The highest BCUT2D eigenvalue weighted by Gasteiger charge is 2.17. The molecule has 0 aliphatic carbocycles. The van der Waals surface area contributed by atoms with Crippen molar-refractivity contribution < 1.29 is 0 Å². The molecule has 1 heteroatoms. The van der Waals surface area contributed by atoms with Crippen LogP contribution in [0.2, 0.25) is 0 Å². The summed E-state index contributed by atoms with van der Waals surface area (Å²) in [6.07, 6.45) is 8.27. The van der Waals surface area contributed by atoms with Crippen molar-refractivity contribution in [3.63, 3.8) is 0 Å². The largest absolute Gasteiger partial charge is 0.290 e. The molecule has 0 saturated heterocycles. The molecule has 1 heterocycles. The molecule has 2 unspecified atom stereocenters. The summed E-state index contributed by atoms with van der Waals surface area (Å²) in [5.74, 6) is 1.44. The maximum Gasteiger partial charge on any atom is 0.0474 e. The van der Waals surface area contributed by atoms with Crippen molar-refractivity contribution in [2.24, 2.45) is 16.8 Å². The van der Waals surface area contributed by atoms with Crippen molar-refractivity contribution in [1.29, 1.82) is 0 Å². The maximum atomic E-state index is 4.46. The van der Waals surface area contributed by atoms with Crippen LogP contribution >= 0.6 is 0 Å². The van der Waals surface area contributed by atoms with Gasteiger partial charge in [0, 0.05) is 12.3 Å². The average molecular weight is 191 g/mol. The molecule has 0 aromatic rings. The molecule has 0 N–H and O–H groups in total. The second kappa shape index (κ2) is 5.14. The number of hydrogen-bond acceptors (Lipinski definition) is 1. The molecular formula is C13H21N. The van der Waals surface area contributed by atoms with Crippen molar-refractivity contribution in [1.82, 2.24) is 0 Å². The van der Waals surface area contributed by atoms with Crippen molar-refractivity contribution in [2.45, 2.75) is 39.7 Å². The van der Waals surface area contributed by atoms with Crippen LogP contribution < -0.4 is 0 Å². The van der Waals surface area contributed by atoms with Crippen LogP contribution in [0, 0.1) is 11.8 Å². The fraction of sp³-hybridized carbons (Fsp3) is 0.615. The van der Waals surface area contributed by atoms with Gasteiger partial charge in [-0.1, -0.05) is 32.1 Å². The van der Waals surface area contributed by atoms with Crippen LogP contribution in [0.15, 0.2) is 29.3 Å². The Balaban J connectivity index is 2.73. The summed E-state index contributed by atoms with van der Waals surface area (Å²) in [6.45, 7) is 10.8. The molecule has 1 nitrogen and oxygen atoms in total. The molecule has 1 rings (SSSR count). The van der Waals surface area contributed by atoms with Crippen molar-refractivity contribution >= 4 is 6.21 Å². The van der Waals surface area contributed by atoms with Crippen molar-refractivity contribution in [3.8, 4) is 0 Å². The molecule has 0 radical (unpaired) electrons. The Hall–Kier alpha value is -0.850. The molecule has 0 aromatic heterocycles. The van der Waals surface area contributed by atoms with E-state index in [1.165, 1.54) is 12.0 Å². The molecule has 0 aromatic carbocycles. The van der Waals surface area contributed by atoms with Gasteiger partial charge in [0.1, 0.15) is 0 Å². The van der Waals surface area contributed by atoms with Crippen LogP contribution in [0.1, 0.15) is 33.6 Å². The summed E-state index contributed by atoms with van der Waals surface area (Å²) >= 11 is 0. The van der Waals surface area contributed by atoms with Gasteiger partial charge in [-0.05, 0) is 37.7 Å². The summed E-state index contributed by atoms with van der Waals surface area (Å²) in [6, 6.07) is 0.443. The summed E-state index contributed by atoms with van der Waals surface area (Å²) in [4.78, 5) is 4.46. The third-order valence-corrected chi connectivity index (χ3v) is 2.87. The monoisotopic (exact) mass is 191 g/mol. The minimum atomic E-state index is 0.443. The van der Waals surface area contributed by atoms with Crippen LogP contribution in [0.5, 0.6) is 0 Å². The topological polar surface area (TPSA) is 12.4 Å². The van der Waals surface area contributed by atoms with Gasteiger partial charge in [0.05, 0.1) is 0 Å². The first kappa shape index (κ1) is 11.2. The quantitative estimate of drug-likeness (QED) is 0.600. The van der Waals surface area contributed by atoms with E-state index in [4.69, 9.17) is 0 Å². The second-order valence-electron chi connectivity index (χ2n) is 4.61. The zero-order valence-corrected chi connectivity index (χ0v) is 9.53. The molecule has 0 fully saturated rings. The van der Waals surface area contributed by atoms with E-state index in [0.29, 0.717) is 6.04 Å². The Bertz CT molecular complexity index is 248. The highest BCUT2D eigenvalue weighted by atomic mass is 14.7. The smallest absolute Gasteiger partial charge is 0.0474 e. The molecule has 0 spiro atoms. The number of rotatable bonds is 1. The Morgan fingerprint density at radius 2 is 2.21 bits per heavy atom. The third-order valence-electron chi connectivity index (χ3n) is 2.87. The normalized spacial score (nSPS) is 31.0. The van der Waals surface area contributed by atoms with E-state index >= 15 is 0 Å². The van der Waals surface area contributed by atoms with E-state index < -0.39 is 0 Å². The minimum absolute atomic E-state index is 0.443. The standard InChI is InChI=1S/C13H21N/c1-10(2)13-8-11(3)6-5-7-14-12(4)9-13/h5-7,10,12-13H,3,8-9H2,1-2,4H3/b6-5-,14-7?.